The predicted octanol–water partition coefficient (Wildman–Crippen LogP) is 4.91. The zero-order valence-corrected chi connectivity index (χ0v) is 14.5. The van der Waals surface area contributed by atoms with Crippen LogP contribution in [0.4, 0.5) is 5.69 Å². The number of anilines is 1. The Bertz CT molecular complexity index is 417. The van der Waals surface area contributed by atoms with E-state index in [9.17, 15) is 0 Å². The summed E-state index contributed by atoms with van der Waals surface area (Å²) in [7, 11) is 2.17. The van der Waals surface area contributed by atoms with Crippen LogP contribution in [0.25, 0.3) is 0 Å². The maximum Gasteiger partial charge on any atom is 0.0412 e. The molecule has 0 fully saturated rings. The molecule has 1 N–H and O–H groups in total. The van der Waals surface area contributed by atoms with Gasteiger partial charge in [-0.25, -0.2) is 0 Å². The molecule has 1 aromatic carbocycles. The van der Waals surface area contributed by atoms with Gasteiger partial charge in [0.1, 0.15) is 0 Å². The van der Waals surface area contributed by atoms with Crippen LogP contribution in [0.2, 0.25) is 0 Å². The molecule has 0 amide bonds. The molecule has 1 aromatic rings. The Kier molecular flexibility index (Phi) is 7.93. The molecule has 0 spiro atoms. The van der Waals surface area contributed by atoms with Gasteiger partial charge in [0.05, 0.1) is 0 Å². The maximum absolute atomic E-state index is 3.79. The van der Waals surface area contributed by atoms with E-state index < -0.39 is 0 Å². The highest BCUT2D eigenvalue weighted by molar-refractivity contribution is 9.10. The van der Waals surface area contributed by atoms with Gasteiger partial charge in [-0.1, -0.05) is 28.9 Å². The van der Waals surface area contributed by atoms with Crippen molar-refractivity contribution in [2.45, 2.75) is 39.2 Å². The molecule has 0 radical (unpaired) electrons. The molecular formula is C17H27BrN2. The van der Waals surface area contributed by atoms with Crippen LogP contribution < -0.4 is 10.2 Å². The van der Waals surface area contributed by atoms with Gasteiger partial charge in [0.15, 0.2) is 0 Å². The van der Waals surface area contributed by atoms with Crippen molar-refractivity contribution in [1.29, 1.82) is 0 Å². The first kappa shape index (κ1) is 17.3. The average molecular weight is 339 g/mol. The van der Waals surface area contributed by atoms with Crippen LogP contribution in [-0.2, 0) is 0 Å². The van der Waals surface area contributed by atoms with E-state index >= 15 is 0 Å². The maximum atomic E-state index is 3.79. The summed E-state index contributed by atoms with van der Waals surface area (Å²) in [6, 6.07) is 6.92. The lowest BCUT2D eigenvalue weighted by Gasteiger charge is -2.26. The van der Waals surface area contributed by atoms with Crippen LogP contribution >= 0.6 is 15.9 Å². The number of hydrogen-bond acceptors (Lipinski definition) is 2. The molecule has 0 saturated heterocycles. The molecule has 1 atom stereocenters. The van der Waals surface area contributed by atoms with Gasteiger partial charge in [-0.15, -0.1) is 6.58 Å². The van der Waals surface area contributed by atoms with E-state index in [2.05, 4.69) is 71.8 Å². The first-order chi connectivity index (χ1) is 9.60. The smallest absolute Gasteiger partial charge is 0.0412 e. The van der Waals surface area contributed by atoms with Crippen LogP contribution in [0.1, 0.15) is 44.7 Å². The highest BCUT2D eigenvalue weighted by Crippen LogP contribution is 2.29. The van der Waals surface area contributed by atoms with Crippen LogP contribution in [0, 0.1) is 0 Å². The number of benzene rings is 1. The molecule has 1 rings (SSSR count). The minimum Gasteiger partial charge on any atom is -0.374 e. The Morgan fingerprint density at radius 2 is 2.20 bits per heavy atom. The molecule has 0 heterocycles. The number of nitrogens with zero attached hydrogens (tertiary/aromatic N) is 1. The van der Waals surface area contributed by atoms with Gasteiger partial charge in [-0.3, -0.25) is 0 Å². The van der Waals surface area contributed by atoms with E-state index in [-0.39, 0.29) is 0 Å². The Balaban J connectivity index is 2.85. The quantitative estimate of drug-likeness (QED) is 0.508. The molecule has 0 aliphatic carbocycles. The van der Waals surface area contributed by atoms with Crippen LogP contribution in [-0.4, -0.2) is 20.1 Å². The minimum atomic E-state index is 0.365. The van der Waals surface area contributed by atoms with Gasteiger partial charge < -0.3 is 10.2 Å². The van der Waals surface area contributed by atoms with E-state index in [0.29, 0.717) is 6.04 Å². The summed E-state index contributed by atoms with van der Waals surface area (Å²) in [4.78, 5) is 2.34. The van der Waals surface area contributed by atoms with E-state index in [0.717, 1.165) is 36.8 Å². The number of rotatable bonds is 9. The molecule has 2 nitrogen and oxygen atoms in total. The molecule has 3 heteroatoms. The number of halogens is 1. The van der Waals surface area contributed by atoms with Crippen molar-refractivity contribution < 1.29 is 0 Å². The topological polar surface area (TPSA) is 15.3 Å². The second kappa shape index (κ2) is 9.19. The fraction of sp³-hybridized carbons (Fsp3) is 0.529. The van der Waals surface area contributed by atoms with Crippen molar-refractivity contribution in [2.24, 2.45) is 0 Å². The predicted molar refractivity (Wildman–Crippen MR) is 93.6 cm³/mol. The SMILES string of the molecule is C=CCCCN(C)c1ccc(Br)cc1C(C)NCCC. The van der Waals surface area contributed by atoms with E-state index in [1.165, 1.54) is 11.3 Å². The third kappa shape index (κ3) is 5.29. The lowest BCUT2D eigenvalue weighted by Crippen LogP contribution is -2.24. The normalized spacial score (nSPS) is 12.2. The van der Waals surface area contributed by atoms with Gasteiger partial charge in [-0.05, 0) is 56.5 Å². The van der Waals surface area contributed by atoms with Gasteiger partial charge in [-0.2, -0.15) is 0 Å². The summed E-state index contributed by atoms with van der Waals surface area (Å²) in [5, 5.41) is 3.57. The molecule has 0 aromatic heterocycles. The van der Waals surface area contributed by atoms with E-state index in [1.807, 2.05) is 6.08 Å². The summed E-state index contributed by atoms with van der Waals surface area (Å²) in [5.41, 5.74) is 2.67. The Labute approximate surface area is 132 Å². The lowest BCUT2D eigenvalue weighted by atomic mass is 10.0. The van der Waals surface area contributed by atoms with Crippen molar-refractivity contribution in [3.05, 3.63) is 40.9 Å². The molecule has 0 bridgehead atoms. The van der Waals surface area contributed by atoms with Crippen LogP contribution in [0.3, 0.4) is 0 Å². The molecule has 0 aliphatic rings. The van der Waals surface area contributed by atoms with Crippen LogP contribution in [0.5, 0.6) is 0 Å². The van der Waals surface area contributed by atoms with Gasteiger partial charge in [0.2, 0.25) is 0 Å². The van der Waals surface area contributed by atoms with Crippen LogP contribution in [0.15, 0.2) is 35.3 Å². The standard InChI is InChI=1S/C17H27BrN2/c1-5-7-8-12-20(4)17-10-9-15(18)13-16(17)14(3)19-11-6-2/h5,9-10,13-14,19H,1,6-8,11-12H2,2-4H3. The highest BCUT2D eigenvalue weighted by Gasteiger charge is 2.13. The number of unbranched alkanes of at least 4 members (excludes halogenated alkanes) is 1. The second-order valence-electron chi connectivity index (χ2n) is 5.23. The van der Waals surface area contributed by atoms with E-state index in [4.69, 9.17) is 0 Å². The first-order valence-corrected chi connectivity index (χ1v) is 8.24. The van der Waals surface area contributed by atoms with Crippen molar-refractivity contribution in [1.82, 2.24) is 5.32 Å². The number of nitrogens with one attached hydrogen (secondary N) is 1. The van der Waals surface area contributed by atoms with Crippen molar-refractivity contribution in [2.75, 3.05) is 25.0 Å². The second-order valence-corrected chi connectivity index (χ2v) is 6.15. The third-order valence-electron chi connectivity index (χ3n) is 3.47. The number of allylic oxidation sites excluding steroid dienone is 1. The first-order valence-electron chi connectivity index (χ1n) is 7.45. The molecule has 20 heavy (non-hydrogen) atoms. The molecule has 112 valence electrons. The highest BCUT2D eigenvalue weighted by atomic mass is 79.9. The van der Waals surface area contributed by atoms with Crippen molar-refractivity contribution in [3.8, 4) is 0 Å². The lowest BCUT2D eigenvalue weighted by molar-refractivity contribution is 0.569. The van der Waals surface area contributed by atoms with Crippen molar-refractivity contribution >= 4 is 21.6 Å². The number of hydrogen-bond donors (Lipinski definition) is 1. The Hall–Kier alpha value is -0.800. The Morgan fingerprint density at radius 3 is 2.85 bits per heavy atom. The fourth-order valence-corrected chi connectivity index (χ4v) is 2.66. The molecular weight excluding hydrogens is 312 g/mol. The Morgan fingerprint density at radius 1 is 1.45 bits per heavy atom. The summed E-state index contributed by atoms with van der Waals surface area (Å²) in [6.45, 7) is 10.3. The summed E-state index contributed by atoms with van der Waals surface area (Å²) < 4.78 is 1.14. The molecule has 0 aliphatic heterocycles. The zero-order chi connectivity index (χ0) is 15.0. The summed E-state index contributed by atoms with van der Waals surface area (Å²) in [5.74, 6) is 0. The zero-order valence-electron chi connectivity index (χ0n) is 13.0. The van der Waals surface area contributed by atoms with E-state index in [1.54, 1.807) is 0 Å². The average Bonchev–Trinajstić information content (AvgIpc) is 2.44. The minimum absolute atomic E-state index is 0.365. The summed E-state index contributed by atoms with van der Waals surface area (Å²) >= 11 is 3.59. The van der Waals surface area contributed by atoms with Gasteiger partial charge >= 0.3 is 0 Å². The monoisotopic (exact) mass is 338 g/mol. The summed E-state index contributed by atoms with van der Waals surface area (Å²) in [6.07, 6.45) is 5.36. The van der Waals surface area contributed by atoms with Gasteiger partial charge in [0.25, 0.3) is 0 Å². The fourth-order valence-electron chi connectivity index (χ4n) is 2.28. The molecule has 0 saturated carbocycles. The third-order valence-corrected chi connectivity index (χ3v) is 3.96. The molecule has 1 unspecified atom stereocenters. The largest absolute Gasteiger partial charge is 0.374 e. The van der Waals surface area contributed by atoms with Crippen molar-refractivity contribution in [3.63, 3.8) is 0 Å². The van der Waals surface area contributed by atoms with Gasteiger partial charge in [0, 0.05) is 29.8 Å².